The number of carbonyl (C=O) groups is 1. The van der Waals surface area contributed by atoms with E-state index >= 15 is 0 Å². The van der Waals surface area contributed by atoms with Crippen molar-refractivity contribution in [2.45, 2.75) is 58.2 Å². The summed E-state index contributed by atoms with van der Waals surface area (Å²) in [6, 6.07) is 6.07. The van der Waals surface area contributed by atoms with Gasteiger partial charge < -0.3 is 14.6 Å². The fourth-order valence-corrected chi connectivity index (χ4v) is 4.45. The van der Waals surface area contributed by atoms with Gasteiger partial charge in [-0.3, -0.25) is 4.79 Å². The minimum atomic E-state index is -0.332. The summed E-state index contributed by atoms with van der Waals surface area (Å²) < 4.78 is 8.01. The Morgan fingerprint density at radius 2 is 2.00 bits per heavy atom. The van der Waals surface area contributed by atoms with E-state index in [0.717, 1.165) is 28.4 Å². The van der Waals surface area contributed by atoms with Crippen LogP contribution in [0.2, 0.25) is 0 Å². The molecule has 0 saturated carbocycles. The fraction of sp³-hybridized carbons (Fsp3) is 0.400. The van der Waals surface area contributed by atoms with Crippen LogP contribution in [0.5, 0.6) is 5.75 Å². The highest BCUT2D eigenvalue weighted by atomic mass is 32.2. The molecule has 0 radical (unpaired) electrons. The third-order valence-corrected chi connectivity index (χ3v) is 6.32. The topological polar surface area (TPSA) is 81.9 Å². The first-order chi connectivity index (χ1) is 13.9. The molecular weight excluding hydrogens is 406 g/mol. The molecular formula is C20H25N5O2S2. The number of thioether (sulfide) groups is 1. The number of para-hydroxylation sites is 1. The van der Waals surface area contributed by atoms with Crippen LogP contribution in [0, 0.1) is 20.8 Å². The lowest BCUT2D eigenvalue weighted by Crippen LogP contribution is -2.23. The molecule has 0 saturated heterocycles. The third kappa shape index (κ3) is 5.16. The van der Waals surface area contributed by atoms with Gasteiger partial charge in [-0.1, -0.05) is 30.0 Å². The first kappa shape index (κ1) is 21.3. The van der Waals surface area contributed by atoms with Crippen LogP contribution in [0.4, 0.5) is 5.13 Å². The Hall–Kier alpha value is -2.39. The largest absolute Gasteiger partial charge is 0.485 e. The van der Waals surface area contributed by atoms with Crippen LogP contribution in [-0.2, 0) is 17.9 Å². The molecule has 1 atom stereocenters. The average molecular weight is 432 g/mol. The smallest absolute Gasteiger partial charge is 0.239 e. The number of aryl methyl sites for hydroxylation is 3. The summed E-state index contributed by atoms with van der Waals surface area (Å²) in [5.74, 6) is 1.50. The van der Waals surface area contributed by atoms with E-state index in [1.54, 1.807) is 0 Å². The highest BCUT2D eigenvalue weighted by molar-refractivity contribution is 8.00. The highest BCUT2D eigenvalue weighted by Crippen LogP contribution is 2.26. The number of carbonyl (C=O) groups excluding carboxylic acids is 1. The van der Waals surface area contributed by atoms with Gasteiger partial charge in [-0.05, 0) is 45.7 Å². The maximum atomic E-state index is 12.5. The number of nitrogens with one attached hydrogen (secondary N) is 1. The van der Waals surface area contributed by atoms with Crippen molar-refractivity contribution in [2.24, 2.45) is 0 Å². The molecule has 2 heterocycles. The van der Waals surface area contributed by atoms with E-state index in [1.807, 2.05) is 62.8 Å². The molecule has 0 bridgehead atoms. The summed E-state index contributed by atoms with van der Waals surface area (Å²) in [6.45, 7) is 10.8. The summed E-state index contributed by atoms with van der Waals surface area (Å²) in [4.78, 5) is 16.7. The zero-order chi connectivity index (χ0) is 21.0. The molecule has 9 heteroatoms. The summed E-state index contributed by atoms with van der Waals surface area (Å²) >= 11 is 2.79. The van der Waals surface area contributed by atoms with Crippen molar-refractivity contribution in [3.63, 3.8) is 0 Å². The second-order valence-electron chi connectivity index (χ2n) is 6.70. The number of ether oxygens (including phenoxy) is 1. The van der Waals surface area contributed by atoms with Crippen LogP contribution in [0.3, 0.4) is 0 Å². The molecule has 1 aromatic carbocycles. The van der Waals surface area contributed by atoms with Crippen LogP contribution in [0.15, 0.2) is 28.7 Å². The zero-order valence-electron chi connectivity index (χ0n) is 17.2. The standard InChI is InChI=1S/C20H25N5O2S2/c1-6-25-16(10-27-17-12(2)8-7-9-13(17)3)23-24-20(25)29-15(5)18(26)22-19-21-14(4)11-28-19/h7-9,11,15H,6,10H2,1-5H3,(H,21,22,26). The molecule has 154 valence electrons. The Bertz CT molecular complexity index is 978. The van der Waals surface area contributed by atoms with E-state index < -0.39 is 0 Å². The Labute approximate surface area is 178 Å². The number of benzene rings is 1. The van der Waals surface area contributed by atoms with Gasteiger partial charge in [0.25, 0.3) is 0 Å². The van der Waals surface area contributed by atoms with Crippen molar-refractivity contribution < 1.29 is 9.53 Å². The Morgan fingerprint density at radius 1 is 1.28 bits per heavy atom. The Kier molecular flexibility index (Phi) is 6.92. The van der Waals surface area contributed by atoms with E-state index in [2.05, 4.69) is 20.5 Å². The second-order valence-corrected chi connectivity index (χ2v) is 8.86. The van der Waals surface area contributed by atoms with Crippen LogP contribution in [0.1, 0.15) is 36.5 Å². The quantitative estimate of drug-likeness (QED) is 0.533. The zero-order valence-corrected chi connectivity index (χ0v) is 18.9. The average Bonchev–Trinajstić information content (AvgIpc) is 3.26. The van der Waals surface area contributed by atoms with E-state index in [0.29, 0.717) is 23.4 Å². The SMILES string of the molecule is CCn1c(COc2c(C)cccc2C)nnc1SC(C)C(=O)Nc1nc(C)cs1. The first-order valence-electron chi connectivity index (χ1n) is 9.39. The van der Waals surface area contributed by atoms with Crippen molar-refractivity contribution >= 4 is 34.1 Å². The van der Waals surface area contributed by atoms with Crippen molar-refractivity contribution in [2.75, 3.05) is 5.32 Å². The van der Waals surface area contributed by atoms with E-state index in [-0.39, 0.29) is 11.2 Å². The molecule has 1 unspecified atom stereocenters. The van der Waals surface area contributed by atoms with Gasteiger partial charge in [0.2, 0.25) is 5.91 Å². The van der Waals surface area contributed by atoms with Gasteiger partial charge in [-0.15, -0.1) is 21.5 Å². The number of rotatable bonds is 8. The van der Waals surface area contributed by atoms with Crippen molar-refractivity contribution in [3.05, 3.63) is 46.2 Å². The molecule has 3 rings (SSSR count). The number of aromatic nitrogens is 4. The first-order valence-corrected chi connectivity index (χ1v) is 11.2. The molecule has 0 aliphatic rings. The lowest BCUT2D eigenvalue weighted by molar-refractivity contribution is -0.115. The minimum Gasteiger partial charge on any atom is -0.485 e. The number of hydrogen-bond acceptors (Lipinski definition) is 7. The summed E-state index contributed by atoms with van der Waals surface area (Å²) in [6.07, 6.45) is 0. The van der Waals surface area contributed by atoms with Gasteiger partial charge in [0, 0.05) is 11.9 Å². The molecule has 0 aliphatic carbocycles. The maximum Gasteiger partial charge on any atom is 0.239 e. The molecule has 7 nitrogen and oxygen atoms in total. The van der Waals surface area contributed by atoms with Crippen LogP contribution in [-0.4, -0.2) is 30.9 Å². The van der Waals surface area contributed by atoms with E-state index in [4.69, 9.17) is 4.74 Å². The van der Waals surface area contributed by atoms with Gasteiger partial charge in [0.15, 0.2) is 16.1 Å². The Morgan fingerprint density at radius 3 is 2.62 bits per heavy atom. The van der Waals surface area contributed by atoms with Gasteiger partial charge >= 0.3 is 0 Å². The predicted octanol–water partition coefficient (Wildman–Crippen LogP) is 4.38. The number of thiazole rings is 1. The molecule has 29 heavy (non-hydrogen) atoms. The summed E-state index contributed by atoms with van der Waals surface area (Å²) in [7, 11) is 0. The third-order valence-electron chi connectivity index (χ3n) is 4.36. The Balaban J connectivity index is 1.66. The van der Waals surface area contributed by atoms with Gasteiger partial charge in [0.05, 0.1) is 10.9 Å². The minimum absolute atomic E-state index is 0.108. The van der Waals surface area contributed by atoms with Crippen LogP contribution >= 0.6 is 23.1 Å². The monoisotopic (exact) mass is 431 g/mol. The summed E-state index contributed by atoms with van der Waals surface area (Å²) in [5.41, 5.74) is 3.07. The molecule has 3 aromatic rings. The van der Waals surface area contributed by atoms with Gasteiger partial charge in [0.1, 0.15) is 12.4 Å². The predicted molar refractivity (Wildman–Crippen MR) is 117 cm³/mol. The normalized spacial score (nSPS) is 12.0. The van der Waals surface area contributed by atoms with Crippen molar-refractivity contribution in [3.8, 4) is 5.75 Å². The molecule has 1 N–H and O–H groups in total. The maximum absolute atomic E-state index is 12.5. The number of anilines is 1. The van der Waals surface area contributed by atoms with Gasteiger partial charge in [-0.2, -0.15) is 0 Å². The molecule has 0 aliphatic heterocycles. The lowest BCUT2D eigenvalue weighted by Gasteiger charge is -2.13. The second kappa shape index (κ2) is 9.41. The number of amides is 1. The molecule has 0 spiro atoms. The van der Waals surface area contributed by atoms with Crippen molar-refractivity contribution in [1.82, 2.24) is 19.7 Å². The van der Waals surface area contributed by atoms with Crippen molar-refractivity contribution in [1.29, 1.82) is 0 Å². The number of nitrogens with zero attached hydrogens (tertiary/aromatic N) is 4. The van der Waals surface area contributed by atoms with Crippen LogP contribution in [0.25, 0.3) is 0 Å². The molecule has 1 amide bonds. The molecule has 2 aromatic heterocycles. The van der Waals surface area contributed by atoms with Crippen LogP contribution < -0.4 is 10.1 Å². The highest BCUT2D eigenvalue weighted by Gasteiger charge is 2.21. The lowest BCUT2D eigenvalue weighted by atomic mass is 10.1. The van der Waals surface area contributed by atoms with Gasteiger partial charge in [-0.25, -0.2) is 4.98 Å². The molecule has 0 fully saturated rings. The number of hydrogen-bond donors (Lipinski definition) is 1. The fourth-order valence-electron chi connectivity index (χ4n) is 2.82. The van der Waals surface area contributed by atoms with E-state index in [9.17, 15) is 4.79 Å². The summed E-state index contributed by atoms with van der Waals surface area (Å²) in [5, 5.41) is 14.3. The van der Waals surface area contributed by atoms with E-state index in [1.165, 1.54) is 23.1 Å².